The monoisotopic (exact) mass is 296 g/mol. The van der Waals surface area contributed by atoms with Crippen LogP contribution in [0.2, 0.25) is 5.15 Å². The molecule has 1 aromatic rings. The fourth-order valence-electron chi connectivity index (χ4n) is 2.60. The standard InChI is InChI=1S/C14H17ClN2O3/c1-8-6-9(7-16-12(8)15)17-13(18)10-4-2-3-5-11(10)14(19)20/h6-7,10-11H,2-5H2,1H3,(H,17,18)(H,19,20)/t10-,11+/m1/s1. The Kier molecular flexibility index (Phi) is 4.60. The first-order chi connectivity index (χ1) is 9.49. The molecule has 0 aliphatic heterocycles. The molecule has 1 aliphatic rings. The van der Waals surface area contributed by atoms with E-state index in [4.69, 9.17) is 11.6 Å². The maximum atomic E-state index is 12.2. The van der Waals surface area contributed by atoms with E-state index in [1.165, 1.54) is 6.20 Å². The normalized spacial score (nSPS) is 22.3. The third-order valence-electron chi connectivity index (χ3n) is 3.70. The summed E-state index contributed by atoms with van der Waals surface area (Å²) in [5.74, 6) is -2.21. The van der Waals surface area contributed by atoms with E-state index in [-0.39, 0.29) is 5.91 Å². The zero-order chi connectivity index (χ0) is 14.7. The molecule has 5 nitrogen and oxygen atoms in total. The van der Waals surface area contributed by atoms with Gasteiger partial charge < -0.3 is 10.4 Å². The zero-order valence-corrected chi connectivity index (χ0v) is 12.0. The summed E-state index contributed by atoms with van der Waals surface area (Å²) in [4.78, 5) is 27.4. The highest BCUT2D eigenvalue weighted by molar-refractivity contribution is 6.30. The quantitative estimate of drug-likeness (QED) is 0.841. The molecule has 2 rings (SSSR count). The summed E-state index contributed by atoms with van der Waals surface area (Å²) in [6, 6.07) is 1.73. The smallest absolute Gasteiger partial charge is 0.307 e. The van der Waals surface area contributed by atoms with Crippen LogP contribution < -0.4 is 5.32 Å². The molecular weight excluding hydrogens is 280 g/mol. The molecule has 0 spiro atoms. The number of carboxylic acids is 1. The zero-order valence-electron chi connectivity index (χ0n) is 11.2. The number of halogens is 1. The third-order valence-corrected chi connectivity index (χ3v) is 4.10. The van der Waals surface area contributed by atoms with E-state index in [1.54, 1.807) is 13.0 Å². The average Bonchev–Trinajstić information content (AvgIpc) is 2.43. The first-order valence-electron chi connectivity index (χ1n) is 6.65. The van der Waals surface area contributed by atoms with Crippen LogP contribution in [-0.4, -0.2) is 22.0 Å². The summed E-state index contributed by atoms with van der Waals surface area (Å²) in [7, 11) is 0. The van der Waals surface area contributed by atoms with Gasteiger partial charge in [0.15, 0.2) is 0 Å². The highest BCUT2D eigenvalue weighted by Crippen LogP contribution is 2.31. The minimum absolute atomic E-state index is 0.249. The molecule has 1 saturated carbocycles. The third kappa shape index (κ3) is 3.28. The number of rotatable bonds is 3. The Morgan fingerprint density at radius 1 is 1.35 bits per heavy atom. The SMILES string of the molecule is Cc1cc(NC(=O)[C@@H]2CCCC[C@@H]2C(=O)O)cnc1Cl. The van der Waals surface area contributed by atoms with Gasteiger partial charge in [0.2, 0.25) is 5.91 Å². The van der Waals surface area contributed by atoms with Crippen LogP contribution in [-0.2, 0) is 9.59 Å². The molecule has 1 amide bonds. The van der Waals surface area contributed by atoms with E-state index in [0.29, 0.717) is 23.7 Å². The average molecular weight is 297 g/mol. The topological polar surface area (TPSA) is 79.3 Å². The first-order valence-corrected chi connectivity index (χ1v) is 7.02. The van der Waals surface area contributed by atoms with E-state index in [9.17, 15) is 14.7 Å². The fourth-order valence-corrected chi connectivity index (χ4v) is 2.71. The molecule has 1 aromatic heterocycles. The minimum Gasteiger partial charge on any atom is -0.481 e. The Morgan fingerprint density at radius 3 is 2.60 bits per heavy atom. The van der Waals surface area contributed by atoms with E-state index in [1.807, 2.05) is 0 Å². The number of hydrogen-bond donors (Lipinski definition) is 2. The first kappa shape index (κ1) is 14.8. The van der Waals surface area contributed by atoms with E-state index >= 15 is 0 Å². The van der Waals surface area contributed by atoms with Gasteiger partial charge >= 0.3 is 5.97 Å². The second-order valence-electron chi connectivity index (χ2n) is 5.16. The van der Waals surface area contributed by atoms with Gasteiger partial charge in [-0.2, -0.15) is 0 Å². The number of nitrogens with zero attached hydrogens (tertiary/aromatic N) is 1. The lowest BCUT2D eigenvalue weighted by Gasteiger charge is -2.27. The number of aryl methyl sites for hydroxylation is 1. The highest BCUT2D eigenvalue weighted by atomic mass is 35.5. The number of pyridine rings is 1. The van der Waals surface area contributed by atoms with Gasteiger partial charge in [-0.25, -0.2) is 4.98 Å². The Morgan fingerprint density at radius 2 is 2.00 bits per heavy atom. The number of amides is 1. The molecular formula is C14H17ClN2O3. The van der Waals surface area contributed by atoms with Crippen LogP contribution in [0.5, 0.6) is 0 Å². The highest BCUT2D eigenvalue weighted by Gasteiger charge is 2.35. The van der Waals surface area contributed by atoms with Crippen LogP contribution in [0.25, 0.3) is 0 Å². The molecule has 2 atom stereocenters. The van der Waals surface area contributed by atoms with Crippen molar-refractivity contribution in [2.45, 2.75) is 32.6 Å². The largest absolute Gasteiger partial charge is 0.481 e. The molecule has 108 valence electrons. The van der Waals surface area contributed by atoms with Crippen molar-refractivity contribution in [1.82, 2.24) is 4.98 Å². The number of anilines is 1. The number of carbonyl (C=O) groups is 2. The predicted octanol–water partition coefficient (Wildman–Crippen LogP) is 2.87. The second kappa shape index (κ2) is 6.22. The molecule has 0 bridgehead atoms. The Labute approximate surface area is 122 Å². The number of nitrogens with one attached hydrogen (secondary N) is 1. The van der Waals surface area contributed by atoms with Gasteiger partial charge in [0.1, 0.15) is 5.15 Å². The van der Waals surface area contributed by atoms with E-state index in [2.05, 4.69) is 10.3 Å². The van der Waals surface area contributed by atoms with Crippen LogP contribution in [0.3, 0.4) is 0 Å². The number of carbonyl (C=O) groups excluding carboxylic acids is 1. The maximum absolute atomic E-state index is 12.2. The summed E-state index contributed by atoms with van der Waals surface area (Å²) < 4.78 is 0. The number of carboxylic acid groups (broad SMARTS) is 1. The predicted molar refractivity (Wildman–Crippen MR) is 75.7 cm³/mol. The summed E-state index contributed by atoms with van der Waals surface area (Å²) in [5, 5.41) is 12.3. The Bertz CT molecular complexity index is 533. The van der Waals surface area contributed by atoms with E-state index in [0.717, 1.165) is 18.4 Å². The van der Waals surface area contributed by atoms with Crippen LogP contribution >= 0.6 is 11.6 Å². The molecule has 1 aliphatic carbocycles. The molecule has 6 heteroatoms. The lowest BCUT2D eigenvalue weighted by atomic mass is 9.78. The number of aliphatic carboxylic acids is 1. The lowest BCUT2D eigenvalue weighted by Crippen LogP contribution is -2.36. The Hall–Kier alpha value is -1.62. The molecule has 0 aromatic carbocycles. The molecule has 1 heterocycles. The minimum atomic E-state index is -0.893. The van der Waals surface area contributed by atoms with Crippen LogP contribution in [0.4, 0.5) is 5.69 Å². The van der Waals surface area contributed by atoms with Gasteiger partial charge in [0, 0.05) is 0 Å². The molecule has 2 N–H and O–H groups in total. The van der Waals surface area contributed by atoms with Gasteiger partial charge in [0.05, 0.1) is 23.7 Å². The van der Waals surface area contributed by atoms with Crippen molar-refractivity contribution in [1.29, 1.82) is 0 Å². The summed E-state index contributed by atoms with van der Waals surface area (Å²) in [6.07, 6.45) is 4.40. The van der Waals surface area contributed by atoms with Gasteiger partial charge in [-0.15, -0.1) is 0 Å². The fraction of sp³-hybridized carbons (Fsp3) is 0.500. The van der Waals surface area contributed by atoms with Crippen molar-refractivity contribution in [3.8, 4) is 0 Å². The van der Waals surface area contributed by atoms with Crippen LogP contribution in [0.15, 0.2) is 12.3 Å². The summed E-state index contributed by atoms with van der Waals surface area (Å²) in [5.41, 5.74) is 1.31. The van der Waals surface area contributed by atoms with Gasteiger partial charge in [-0.1, -0.05) is 24.4 Å². The van der Waals surface area contributed by atoms with Crippen molar-refractivity contribution in [2.24, 2.45) is 11.8 Å². The summed E-state index contributed by atoms with van der Waals surface area (Å²) >= 11 is 5.83. The number of hydrogen-bond acceptors (Lipinski definition) is 3. The molecule has 1 fully saturated rings. The van der Waals surface area contributed by atoms with E-state index < -0.39 is 17.8 Å². The second-order valence-corrected chi connectivity index (χ2v) is 5.51. The van der Waals surface area contributed by atoms with Gasteiger partial charge in [0.25, 0.3) is 0 Å². The molecule has 0 saturated heterocycles. The van der Waals surface area contributed by atoms with Gasteiger partial charge in [-0.05, 0) is 31.4 Å². The summed E-state index contributed by atoms with van der Waals surface area (Å²) in [6.45, 7) is 1.80. The van der Waals surface area contributed by atoms with Crippen LogP contribution in [0.1, 0.15) is 31.2 Å². The van der Waals surface area contributed by atoms with Crippen molar-refractivity contribution in [3.05, 3.63) is 23.0 Å². The van der Waals surface area contributed by atoms with Crippen molar-refractivity contribution < 1.29 is 14.7 Å². The Balaban J connectivity index is 2.09. The van der Waals surface area contributed by atoms with Crippen molar-refractivity contribution >= 4 is 29.2 Å². The van der Waals surface area contributed by atoms with Crippen molar-refractivity contribution in [3.63, 3.8) is 0 Å². The molecule has 20 heavy (non-hydrogen) atoms. The maximum Gasteiger partial charge on any atom is 0.307 e. The molecule has 0 radical (unpaired) electrons. The lowest BCUT2D eigenvalue weighted by molar-refractivity contribution is -0.147. The molecule has 0 unspecified atom stereocenters. The van der Waals surface area contributed by atoms with Crippen molar-refractivity contribution in [2.75, 3.05) is 5.32 Å². The van der Waals surface area contributed by atoms with Gasteiger partial charge in [-0.3, -0.25) is 9.59 Å². The van der Waals surface area contributed by atoms with Crippen LogP contribution in [0, 0.1) is 18.8 Å². The number of aromatic nitrogens is 1.